The Hall–Kier alpha value is -1.66. The van der Waals surface area contributed by atoms with Crippen LogP contribution in [-0.2, 0) is 4.74 Å². The van der Waals surface area contributed by atoms with Crippen molar-refractivity contribution in [2.45, 2.75) is 13.3 Å². The molecule has 1 aromatic heterocycles. The summed E-state index contributed by atoms with van der Waals surface area (Å²) in [6, 6.07) is 4.32. The Labute approximate surface area is 129 Å². The molecule has 0 amide bonds. The lowest BCUT2D eigenvalue weighted by atomic mass is 10.2. The summed E-state index contributed by atoms with van der Waals surface area (Å²) in [7, 11) is 0. The average Bonchev–Trinajstić information content (AvgIpc) is 2.87. The second-order valence-corrected chi connectivity index (χ2v) is 4.79. The number of esters is 1. The summed E-state index contributed by atoms with van der Waals surface area (Å²) in [6.45, 7) is 1.67. The zero-order chi connectivity index (χ0) is 15.6. The molecule has 0 aliphatic heterocycles. The molecule has 2 aromatic rings. The van der Waals surface area contributed by atoms with E-state index in [1.165, 1.54) is 18.2 Å². The molecule has 0 aliphatic rings. The number of benzene rings is 1. The van der Waals surface area contributed by atoms with Gasteiger partial charge in [0.2, 0.25) is 0 Å². The number of ether oxygens (including phenoxy) is 1. The Morgan fingerprint density at radius 3 is 2.67 bits per heavy atom. The first-order valence-corrected chi connectivity index (χ1v) is 6.70. The van der Waals surface area contributed by atoms with Crippen LogP contribution in [0.1, 0.15) is 29.4 Å². The molecule has 0 N–H and O–H groups in total. The minimum Gasteiger partial charge on any atom is -0.462 e. The fourth-order valence-electron chi connectivity index (χ4n) is 1.76. The molecule has 1 heterocycles. The van der Waals surface area contributed by atoms with Crippen molar-refractivity contribution in [3.63, 3.8) is 0 Å². The van der Waals surface area contributed by atoms with E-state index in [1.54, 1.807) is 6.92 Å². The third-order valence-corrected chi connectivity index (χ3v) is 3.40. The van der Waals surface area contributed by atoms with Gasteiger partial charge in [-0.05, 0) is 25.1 Å². The van der Waals surface area contributed by atoms with Crippen LogP contribution in [0.15, 0.2) is 24.4 Å². The standard InChI is InChI=1S/C13H10Cl2F2N2O2/c1-2-21-13(20)8-6-18-19(11(8)12(16)17)7-3-4-9(14)10(15)5-7/h3-6,12H,2H2,1H3. The van der Waals surface area contributed by atoms with Crippen molar-refractivity contribution in [1.82, 2.24) is 9.78 Å². The molecular weight excluding hydrogens is 325 g/mol. The van der Waals surface area contributed by atoms with Crippen LogP contribution in [0.4, 0.5) is 8.78 Å². The number of hydrogen-bond acceptors (Lipinski definition) is 3. The van der Waals surface area contributed by atoms with Gasteiger partial charge in [0.05, 0.1) is 28.5 Å². The molecule has 21 heavy (non-hydrogen) atoms. The number of hydrogen-bond donors (Lipinski definition) is 0. The lowest BCUT2D eigenvalue weighted by molar-refractivity contribution is 0.0514. The molecule has 112 valence electrons. The van der Waals surface area contributed by atoms with Crippen molar-refractivity contribution in [3.8, 4) is 5.69 Å². The van der Waals surface area contributed by atoms with Gasteiger partial charge in [0.25, 0.3) is 6.43 Å². The van der Waals surface area contributed by atoms with Crippen LogP contribution < -0.4 is 0 Å². The smallest absolute Gasteiger partial charge is 0.341 e. The lowest BCUT2D eigenvalue weighted by Crippen LogP contribution is -2.10. The first kappa shape index (κ1) is 15.7. The van der Waals surface area contributed by atoms with Gasteiger partial charge in [-0.1, -0.05) is 23.2 Å². The van der Waals surface area contributed by atoms with Crippen LogP contribution >= 0.6 is 23.2 Å². The average molecular weight is 335 g/mol. The maximum atomic E-state index is 13.3. The second-order valence-electron chi connectivity index (χ2n) is 3.97. The predicted octanol–water partition coefficient (Wildman–Crippen LogP) is 4.29. The quantitative estimate of drug-likeness (QED) is 0.783. The summed E-state index contributed by atoms with van der Waals surface area (Å²) in [5, 5.41) is 4.30. The van der Waals surface area contributed by atoms with E-state index < -0.39 is 18.1 Å². The van der Waals surface area contributed by atoms with Crippen molar-refractivity contribution in [2.75, 3.05) is 6.61 Å². The van der Waals surface area contributed by atoms with E-state index in [0.29, 0.717) is 0 Å². The number of rotatable bonds is 4. The van der Waals surface area contributed by atoms with Crippen molar-refractivity contribution in [3.05, 3.63) is 45.7 Å². The van der Waals surface area contributed by atoms with Crippen molar-refractivity contribution >= 4 is 29.2 Å². The van der Waals surface area contributed by atoms with Gasteiger partial charge in [-0.3, -0.25) is 0 Å². The second kappa shape index (κ2) is 6.41. The van der Waals surface area contributed by atoms with Gasteiger partial charge in [-0.15, -0.1) is 0 Å². The highest BCUT2D eigenvalue weighted by molar-refractivity contribution is 6.42. The largest absolute Gasteiger partial charge is 0.462 e. The normalized spacial score (nSPS) is 11.0. The first-order valence-electron chi connectivity index (χ1n) is 5.94. The number of alkyl halides is 2. The molecule has 0 radical (unpaired) electrons. The molecule has 1 aromatic carbocycles. The van der Waals surface area contributed by atoms with Gasteiger partial charge in [0.15, 0.2) is 0 Å². The summed E-state index contributed by atoms with van der Waals surface area (Å²) >= 11 is 11.6. The van der Waals surface area contributed by atoms with Gasteiger partial charge in [0.1, 0.15) is 11.3 Å². The molecule has 0 fully saturated rings. The van der Waals surface area contributed by atoms with Crippen LogP contribution in [-0.4, -0.2) is 22.4 Å². The fourth-order valence-corrected chi connectivity index (χ4v) is 2.05. The summed E-state index contributed by atoms with van der Waals surface area (Å²) in [5.74, 6) is -0.848. The molecule has 4 nitrogen and oxygen atoms in total. The Kier molecular flexibility index (Phi) is 4.80. The SMILES string of the molecule is CCOC(=O)c1cnn(-c2ccc(Cl)c(Cl)c2)c1C(F)F. The van der Waals surface area contributed by atoms with E-state index in [0.717, 1.165) is 10.9 Å². The van der Waals surface area contributed by atoms with E-state index >= 15 is 0 Å². The van der Waals surface area contributed by atoms with Crippen molar-refractivity contribution < 1.29 is 18.3 Å². The molecule has 0 saturated carbocycles. The molecule has 0 bridgehead atoms. The Balaban J connectivity index is 2.54. The summed E-state index contributed by atoms with van der Waals surface area (Å²) in [6.07, 6.45) is -1.86. The maximum absolute atomic E-state index is 13.3. The van der Waals surface area contributed by atoms with Crippen LogP contribution in [0.25, 0.3) is 5.69 Å². The molecule has 0 saturated heterocycles. The fraction of sp³-hybridized carbons (Fsp3) is 0.231. The highest BCUT2D eigenvalue weighted by Gasteiger charge is 2.26. The lowest BCUT2D eigenvalue weighted by Gasteiger charge is -2.09. The third-order valence-electron chi connectivity index (χ3n) is 2.66. The molecule has 0 aliphatic carbocycles. The monoisotopic (exact) mass is 334 g/mol. The van der Waals surface area contributed by atoms with Crippen molar-refractivity contribution in [1.29, 1.82) is 0 Å². The molecule has 8 heteroatoms. The van der Waals surface area contributed by atoms with E-state index in [-0.39, 0.29) is 27.9 Å². The number of aromatic nitrogens is 2. The summed E-state index contributed by atoms with van der Waals surface area (Å²) in [5.41, 5.74) is -0.556. The molecule has 0 unspecified atom stereocenters. The van der Waals surface area contributed by atoms with E-state index in [1.807, 2.05) is 0 Å². The number of carbonyl (C=O) groups excluding carboxylic acids is 1. The van der Waals surface area contributed by atoms with Gasteiger partial charge in [-0.2, -0.15) is 5.10 Å². The molecule has 0 spiro atoms. The number of nitrogens with zero attached hydrogens (tertiary/aromatic N) is 2. The minimum absolute atomic E-state index is 0.0828. The zero-order valence-electron chi connectivity index (χ0n) is 10.8. The predicted molar refractivity (Wildman–Crippen MR) is 74.5 cm³/mol. The van der Waals surface area contributed by atoms with Gasteiger partial charge < -0.3 is 4.74 Å². The van der Waals surface area contributed by atoms with Gasteiger partial charge >= 0.3 is 5.97 Å². The highest BCUT2D eigenvalue weighted by Crippen LogP contribution is 2.29. The van der Waals surface area contributed by atoms with E-state index in [9.17, 15) is 13.6 Å². The minimum atomic E-state index is -2.90. The van der Waals surface area contributed by atoms with Gasteiger partial charge in [-0.25, -0.2) is 18.3 Å². The molecular formula is C13H10Cl2F2N2O2. The van der Waals surface area contributed by atoms with Crippen LogP contribution in [0.3, 0.4) is 0 Å². The number of carbonyl (C=O) groups is 1. The third kappa shape index (κ3) is 3.16. The Bertz CT molecular complexity index is 674. The summed E-state index contributed by atoms with van der Waals surface area (Å²) < 4.78 is 32.2. The zero-order valence-corrected chi connectivity index (χ0v) is 12.3. The van der Waals surface area contributed by atoms with Crippen LogP contribution in [0, 0.1) is 0 Å². The highest BCUT2D eigenvalue weighted by atomic mass is 35.5. The Morgan fingerprint density at radius 1 is 1.38 bits per heavy atom. The van der Waals surface area contributed by atoms with Gasteiger partial charge in [0, 0.05) is 0 Å². The molecule has 0 atom stereocenters. The van der Waals surface area contributed by atoms with Crippen molar-refractivity contribution in [2.24, 2.45) is 0 Å². The van der Waals surface area contributed by atoms with E-state index in [2.05, 4.69) is 5.10 Å². The summed E-state index contributed by atoms with van der Waals surface area (Å²) in [4.78, 5) is 11.7. The molecule has 2 rings (SSSR count). The van der Waals surface area contributed by atoms with E-state index in [4.69, 9.17) is 27.9 Å². The first-order chi connectivity index (χ1) is 9.95. The maximum Gasteiger partial charge on any atom is 0.341 e. The number of halogens is 4. The van der Waals surface area contributed by atoms with Crippen LogP contribution in [0.2, 0.25) is 10.0 Å². The Morgan fingerprint density at radius 2 is 2.10 bits per heavy atom. The topological polar surface area (TPSA) is 44.1 Å². The van der Waals surface area contributed by atoms with Crippen LogP contribution in [0.5, 0.6) is 0 Å².